The molecule has 1 aromatic heterocycles. The number of nitrogens with zero attached hydrogens (tertiary/aromatic N) is 2. The zero-order valence-corrected chi connectivity index (χ0v) is 16.8. The van der Waals surface area contributed by atoms with Crippen molar-refractivity contribution in [1.29, 1.82) is 0 Å². The number of aromatic nitrogens is 2. The molecule has 1 fully saturated rings. The lowest BCUT2D eigenvalue weighted by molar-refractivity contribution is -0.131. The molecule has 31 heavy (non-hydrogen) atoms. The maximum atomic E-state index is 13.7. The van der Waals surface area contributed by atoms with Crippen LogP contribution in [-0.4, -0.2) is 40.0 Å². The maximum absolute atomic E-state index is 13.7. The number of piperidine rings is 1. The smallest absolute Gasteiger partial charge is 0.276 e. The van der Waals surface area contributed by atoms with Crippen LogP contribution in [0.15, 0.2) is 54.6 Å². The Labute approximate surface area is 178 Å². The van der Waals surface area contributed by atoms with Crippen molar-refractivity contribution in [2.75, 3.05) is 18.4 Å². The van der Waals surface area contributed by atoms with E-state index in [-0.39, 0.29) is 35.4 Å². The van der Waals surface area contributed by atoms with Gasteiger partial charge in [-0.3, -0.25) is 14.7 Å². The van der Waals surface area contributed by atoms with Crippen molar-refractivity contribution in [3.05, 3.63) is 83.2 Å². The molecule has 8 heteroatoms. The highest BCUT2D eigenvalue weighted by atomic mass is 19.1. The van der Waals surface area contributed by atoms with Gasteiger partial charge in [0.25, 0.3) is 5.91 Å². The van der Waals surface area contributed by atoms with Crippen LogP contribution >= 0.6 is 0 Å². The van der Waals surface area contributed by atoms with Crippen molar-refractivity contribution in [2.24, 2.45) is 0 Å². The molecule has 1 aliphatic rings. The van der Waals surface area contributed by atoms with E-state index in [9.17, 15) is 18.4 Å². The average molecular weight is 424 g/mol. The quantitative estimate of drug-likeness (QED) is 0.652. The van der Waals surface area contributed by atoms with Crippen LogP contribution in [0.3, 0.4) is 0 Å². The van der Waals surface area contributed by atoms with E-state index in [2.05, 4.69) is 15.5 Å². The first kappa shape index (κ1) is 20.7. The fraction of sp³-hybridized carbons (Fsp3) is 0.261. The first-order valence-electron chi connectivity index (χ1n) is 10.1. The molecule has 0 unspecified atom stereocenters. The number of benzene rings is 2. The van der Waals surface area contributed by atoms with Crippen molar-refractivity contribution < 1.29 is 18.4 Å². The number of H-pyrrole nitrogens is 1. The minimum Gasteiger partial charge on any atom is -0.342 e. The zero-order chi connectivity index (χ0) is 21.8. The van der Waals surface area contributed by atoms with Gasteiger partial charge < -0.3 is 10.2 Å². The molecule has 3 aromatic rings. The van der Waals surface area contributed by atoms with Gasteiger partial charge in [0.15, 0.2) is 5.69 Å². The van der Waals surface area contributed by atoms with Crippen LogP contribution in [0.4, 0.5) is 14.5 Å². The van der Waals surface area contributed by atoms with Crippen LogP contribution in [-0.2, 0) is 11.2 Å². The summed E-state index contributed by atoms with van der Waals surface area (Å²) in [5, 5.41) is 9.48. The third-order valence-electron chi connectivity index (χ3n) is 5.51. The van der Waals surface area contributed by atoms with E-state index in [0.717, 1.165) is 24.1 Å². The Morgan fingerprint density at radius 2 is 1.77 bits per heavy atom. The molecule has 160 valence electrons. The highest BCUT2D eigenvalue weighted by Crippen LogP contribution is 2.27. The lowest BCUT2D eigenvalue weighted by atomic mass is 9.93. The number of hydrogen-bond acceptors (Lipinski definition) is 3. The van der Waals surface area contributed by atoms with Gasteiger partial charge in [0.1, 0.15) is 11.6 Å². The summed E-state index contributed by atoms with van der Waals surface area (Å²) in [4.78, 5) is 26.7. The molecule has 0 saturated carbocycles. The number of halogens is 2. The molecule has 0 bridgehead atoms. The lowest BCUT2D eigenvalue weighted by Gasteiger charge is -2.31. The van der Waals surface area contributed by atoms with Gasteiger partial charge in [-0.25, -0.2) is 8.78 Å². The Hall–Kier alpha value is -3.55. The van der Waals surface area contributed by atoms with Crippen LogP contribution in [0, 0.1) is 11.6 Å². The van der Waals surface area contributed by atoms with E-state index in [1.807, 2.05) is 4.90 Å². The third kappa shape index (κ3) is 4.96. The first-order chi connectivity index (χ1) is 15.0. The van der Waals surface area contributed by atoms with Gasteiger partial charge in [-0.2, -0.15) is 5.10 Å². The minimum atomic E-state index is -0.510. The SMILES string of the molecule is O=C(Nc1ccccc1F)c1cc(C2CCN(C(=O)Cc3ccc(F)cc3)CC2)[nH]n1. The number of rotatable bonds is 5. The molecule has 0 atom stereocenters. The molecule has 0 radical (unpaired) electrons. The second-order valence-electron chi connectivity index (χ2n) is 7.60. The molecule has 0 aliphatic carbocycles. The van der Waals surface area contributed by atoms with Gasteiger partial charge >= 0.3 is 0 Å². The van der Waals surface area contributed by atoms with Gasteiger partial charge in [0.2, 0.25) is 5.91 Å². The van der Waals surface area contributed by atoms with Gasteiger partial charge in [-0.1, -0.05) is 24.3 Å². The van der Waals surface area contributed by atoms with E-state index in [0.29, 0.717) is 13.1 Å². The predicted octanol–water partition coefficient (Wildman–Crippen LogP) is 3.89. The number of carbonyl (C=O) groups is 2. The fourth-order valence-corrected chi connectivity index (χ4v) is 3.74. The van der Waals surface area contributed by atoms with Crippen LogP contribution in [0.25, 0.3) is 0 Å². The molecule has 2 N–H and O–H groups in total. The van der Waals surface area contributed by atoms with E-state index < -0.39 is 11.7 Å². The Kier molecular flexibility index (Phi) is 6.06. The summed E-state index contributed by atoms with van der Waals surface area (Å²) in [6.45, 7) is 1.20. The summed E-state index contributed by atoms with van der Waals surface area (Å²) in [6, 6.07) is 13.6. The lowest BCUT2D eigenvalue weighted by Crippen LogP contribution is -2.38. The molecule has 1 aliphatic heterocycles. The summed E-state index contributed by atoms with van der Waals surface area (Å²) < 4.78 is 26.7. The van der Waals surface area contributed by atoms with E-state index in [4.69, 9.17) is 0 Å². The van der Waals surface area contributed by atoms with Gasteiger partial charge in [0, 0.05) is 24.7 Å². The summed E-state index contributed by atoms with van der Waals surface area (Å²) >= 11 is 0. The normalized spacial score (nSPS) is 14.5. The maximum Gasteiger partial charge on any atom is 0.276 e. The summed E-state index contributed by atoms with van der Waals surface area (Å²) in [5.41, 5.74) is 1.90. The largest absolute Gasteiger partial charge is 0.342 e. The number of aromatic amines is 1. The fourth-order valence-electron chi connectivity index (χ4n) is 3.74. The molecule has 6 nitrogen and oxygen atoms in total. The number of nitrogens with one attached hydrogen (secondary N) is 2. The number of hydrogen-bond donors (Lipinski definition) is 2. The molecule has 0 spiro atoms. The number of anilines is 1. The second kappa shape index (κ2) is 9.07. The third-order valence-corrected chi connectivity index (χ3v) is 5.51. The van der Waals surface area contributed by atoms with Crippen LogP contribution in [0.1, 0.15) is 40.5 Å². The molecular formula is C23H22F2N4O2. The number of para-hydroxylation sites is 1. The Morgan fingerprint density at radius 3 is 2.48 bits per heavy atom. The molecule has 2 amide bonds. The van der Waals surface area contributed by atoms with Crippen LogP contribution in [0.5, 0.6) is 0 Å². The van der Waals surface area contributed by atoms with Gasteiger partial charge in [-0.15, -0.1) is 0 Å². The van der Waals surface area contributed by atoms with E-state index >= 15 is 0 Å². The van der Waals surface area contributed by atoms with E-state index in [1.165, 1.54) is 24.3 Å². The van der Waals surface area contributed by atoms with Gasteiger partial charge in [-0.05, 0) is 48.7 Å². The molecule has 1 saturated heterocycles. The Morgan fingerprint density at radius 1 is 1.06 bits per heavy atom. The first-order valence-corrected chi connectivity index (χ1v) is 10.1. The molecule has 4 rings (SSSR count). The topological polar surface area (TPSA) is 78.1 Å². The highest BCUT2D eigenvalue weighted by molar-refractivity contribution is 6.03. The van der Waals surface area contributed by atoms with E-state index in [1.54, 1.807) is 30.3 Å². The van der Waals surface area contributed by atoms with Crippen molar-refractivity contribution in [3.8, 4) is 0 Å². The van der Waals surface area contributed by atoms with Crippen LogP contribution in [0.2, 0.25) is 0 Å². The number of likely N-dealkylation sites (tertiary alicyclic amines) is 1. The van der Waals surface area contributed by atoms with Crippen molar-refractivity contribution in [2.45, 2.75) is 25.2 Å². The molecule has 2 heterocycles. The average Bonchev–Trinajstić information content (AvgIpc) is 3.27. The second-order valence-corrected chi connectivity index (χ2v) is 7.60. The molecule has 2 aromatic carbocycles. The monoisotopic (exact) mass is 424 g/mol. The summed E-state index contributed by atoms with van der Waals surface area (Å²) in [6.07, 6.45) is 1.73. The standard InChI is InChI=1S/C23H22F2N4O2/c24-17-7-5-15(6-8-17)13-22(30)29-11-9-16(10-12-29)20-14-21(28-27-20)23(31)26-19-4-2-1-3-18(19)25/h1-8,14,16H,9-13H2,(H,26,31)(H,27,28). The summed E-state index contributed by atoms with van der Waals surface area (Å²) in [7, 11) is 0. The summed E-state index contributed by atoms with van der Waals surface area (Å²) in [5.74, 6) is -1.15. The minimum absolute atomic E-state index is 0.0135. The Balaban J connectivity index is 1.31. The predicted molar refractivity (Wildman–Crippen MR) is 112 cm³/mol. The van der Waals surface area contributed by atoms with Crippen LogP contribution < -0.4 is 5.32 Å². The number of carbonyl (C=O) groups excluding carboxylic acids is 2. The highest BCUT2D eigenvalue weighted by Gasteiger charge is 2.26. The molecular weight excluding hydrogens is 402 g/mol. The van der Waals surface area contributed by atoms with Gasteiger partial charge in [0.05, 0.1) is 12.1 Å². The zero-order valence-electron chi connectivity index (χ0n) is 16.8. The van der Waals surface area contributed by atoms with Crippen molar-refractivity contribution in [3.63, 3.8) is 0 Å². The van der Waals surface area contributed by atoms with Crippen molar-refractivity contribution in [1.82, 2.24) is 15.1 Å². The Bertz CT molecular complexity index is 1070. The van der Waals surface area contributed by atoms with Crippen molar-refractivity contribution >= 4 is 17.5 Å². The number of amides is 2.